The van der Waals surface area contributed by atoms with E-state index in [4.69, 9.17) is 0 Å². The van der Waals surface area contributed by atoms with Crippen LogP contribution in [0.5, 0.6) is 0 Å². The van der Waals surface area contributed by atoms with Crippen molar-refractivity contribution in [1.82, 2.24) is 9.88 Å². The summed E-state index contributed by atoms with van der Waals surface area (Å²) in [6, 6.07) is 13.2. The van der Waals surface area contributed by atoms with Gasteiger partial charge in [0.2, 0.25) is 0 Å². The van der Waals surface area contributed by atoms with Gasteiger partial charge in [0.15, 0.2) is 0 Å². The Labute approximate surface area is 130 Å². The van der Waals surface area contributed by atoms with E-state index in [0.717, 1.165) is 26.1 Å². The number of hydrogen-bond donors (Lipinski definition) is 1. The first-order chi connectivity index (χ1) is 10.3. The molecule has 0 aliphatic carbocycles. The maximum absolute atomic E-state index is 3.55. The number of fused-ring (bicyclic) bond motifs is 1. The van der Waals surface area contributed by atoms with Crippen molar-refractivity contribution in [2.24, 2.45) is 0 Å². The van der Waals surface area contributed by atoms with Crippen LogP contribution in [0.15, 0.2) is 42.6 Å². The highest BCUT2D eigenvalue weighted by Crippen LogP contribution is 2.20. The molecule has 1 N–H and O–H groups in total. The van der Waals surface area contributed by atoms with Crippen LogP contribution in [0.2, 0.25) is 0 Å². The van der Waals surface area contributed by atoms with Gasteiger partial charge in [-0.1, -0.05) is 25.1 Å². The van der Waals surface area contributed by atoms with Crippen molar-refractivity contribution in [2.75, 3.05) is 6.54 Å². The maximum atomic E-state index is 3.55. The number of rotatable bonds is 6. The van der Waals surface area contributed by atoms with Crippen molar-refractivity contribution in [1.29, 1.82) is 0 Å². The lowest BCUT2D eigenvalue weighted by Gasteiger charge is -2.09. The van der Waals surface area contributed by atoms with Crippen LogP contribution >= 0.6 is 11.3 Å². The van der Waals surface area contributed by atoms with Crippen LogP contribution in [-0.4, -0.2) is 11.1 Å². The van der Waals surface area contributed by atoms with Crippen LogP contribution in [0.3, 0.4) is 0 Å². The Balaban J connectivity index is 1.63. The molecule has 3 aromatic rings. The summed E-state index contributed by atoms with van der Waals surface area (Å²) >= 11 is 1.87. The Hall–Kier alpha value is -1.58. The van der Waals surface area contributed by atoms with Gasteiger partial charge in [0, 0.05) is 35.6 Å². The topological polar surface area (TPSA) is 17.0 Å². The molecular formula is C18H22N2S. The zero-order valence-electron chi connectivity index (χ0n) is 12.7. The van der Waals surface area contributed by atoms with Crippen molar-refractivity contribution < 1.29 is 0 Å². The fourth-order valence-corrected chi connectivity index (χ4v) is 3.66. The summed E-state index contributed by atoms with van der Waals surface area (Å²) in [5, 5.41) is 4.90. The average molecular weight is 298 g/mol. The number of benzene rings is 1. The van der Waals surface area contributed by atoms with Crippen LogP contribution in [-0.2, 0) is 19.5 Å². The molecule has 2 aromatic heterocycles. The number of aromatic nitrogens is 1. The summed E-state index contributed by atoms with van der Waals surface area (Å²) in [6.07, 6.45) is 3.30. The first kappa shape index (κ1) is 14.4. The lowest BCUT2D eigenvalue weighted by atomic mass is 10.1. The van der Waals surface area contributed by atoms with E-state index in [2.05, 4.69) is 66.3 Å². The summed E-state index contributed by atoms with van der Waals surface area (Å²) < 4.78 is 2.38. The van der Waals surface area contributed by atoms with Gasteiger partial charge in [0.05, 0.1) is 5.52 Å². The van der Waals surface area contributed by atoms with Gasteiger partial charge in [-0.25, -0.2) is 0 Å². The molecule has 0 amide bonds. The van der Waals surface area contributed by atoms with Gasteiger partial charge in [-0.05, 0) is 42.5 Å². The van der Waals surface area contributed by atoms with Crippen molar-refractivity contribution >= 4 is 22.2 Å². The molecule has 3 heteroatoms. The maximum Gasteiger partial charge on any atom is 0.0513 e. The first-order valence-electron chi connectivity index (χ1n) is 7.60. The van der Waals surface area contributed by atoms with E-state index in [1.807, 2.05) is 11.3 Å². The molecule has 0 saturated heterocycles. The molecule has 0 atom stereocenters. The second-order valence-corrected chi connectivity index (χ2v) is 6.78. The quantitative estimate of drug-likeness (QED) is 0.669. The molecule has 2 nitrogen and oxygen atoms in total. The highest BCUT2D eigenvalue weighted by atomic mass is 32.1. The first-order valence-corrected chi connectivity index (χ1v) is 8.42. The summed E-state index contributed by atoms with van der Waals surface area (Å²) in [5.41, 5.74) is 2.83. The molecule has 110 valence electrons. The normalized spacial score (nSPS) is 11.3. The number of para-hydroxylation sites is 1. The highest BCUT2D eigenvalue weighted by molar-refractivity contribution is 7.11. The van der Waals surface area contributed by atoms with Gasteiger partial charge >= 0.3 is 0 Å². The lowest BCUT2D eigenvalue weighted by Crippen LogP contribution is -2.18. The van der Waals surface area contributed by atoms with Crippen LogP contribution in [0, 0.1) is 6.92 Å². The number of nitrogens with zero attached hydrogens (tertiary/aromatic N) is 1. The molecule has 0 aliphatic rings. The molecular weight excluding hydrogens is 276 g/mol. The standard InChI is InChI=1S/C18H22N2S/c1-3-15-5-4-6-16-9-11-20(18(15)16)12-10-19-13-17-8-7-14(2)21-17/h4-9,11,19H,3,10,12-13H2,1-2H3. The van der Waals surface area contributed by atoms with Crippen molar-refractivity contribution in [3.8, 4) is 0 Å². The van der Waals surface area contributed by atoms with Crippen molar-refractivity contribution in [3.05, 3.63) is 57.9 Å². The summed E-state index contributed by atoms with van der Waals surface area (Å²) in [6.45, 7) is 7.37. The van der Waals surface area contributed by atoms with Crippen LogP contribution in [0.1, 0.15) is 22.2 Å². The third kappa shape index (κ3) is 3.20. The molecule has 2 heterocycles. The van der Waals surface area contributed by atoms with Gasteiger partial charge in [-0.15, -0.1) is 11.3 Å². The van der Waals surface area contributed by atoms with Gasteiger partial charge in [0.1, 0.15) is 0 Å². The van der Waals surface area contributed by atoms with E-state index in [9.17, 15) is 0 Å². The van der Waals surface area contributed by atoms with Gasteiger partial charge in [-0.2, -0.15) is 0 Å². The molecule has 21 heavy (non-hydrogen) atoms. The molecule has 0 radical (unpaired) electrons. The van der Waals surface area contributed by atoms with Crippen LogP contribution in [0.4, 0.5) is 0 Å². The van der Waals surface area contributed by atoms with Gasteiger partial charge in [0.25, 0.3) is 0 Å². The molecule has 0 aliphatic heterocycles. The van der Waals surface area contributed by atoms with E-state index in [1.165, 1.54) is 26.2 Å². The Morgan fingerprint density at radius 3 is 2.81 bits per heavy atom. The Morgan fingerprint density at radius 2 is 2.05 bits per heavy atom. The van der Waals surface area contributed by atoms with E-state index in [0.29, 0.717) is 0 Å². The third-order valence-corrected chi connectivity index (χ3v) is 4.88. The molecule has 0 spiro atoms. The third-order valence-electron chi connectivity index (χ3n) is 3.88. The van der Waals surface area contributed by atoms with E-state index in [1.54, 1.807) is 0 Å². The van der Waals surface area contributed by atoms with Gasteiger partial charge in [-0.3, -0.25) is 0 Å². The molecule has 3 rings (SSSR count). The smallest absolute Gasteiger partial charge is 0.0513 e. The number of aryl methyl sites for hydroxylation is 2. The SMILES string of the molecule is CCc1cccc2ccn(CCNCc3ccc(C)s3)c12. The van der Waals surface area contributed by atoms with Crippen molar-refractivity contribution in [3.63, 3.8) is 0 Å². The fourth-order valence-electron chi connectivity index (χ4n) is 2.80. The molecule has 1 aromatic carbocycles. The molecule has 0 saturated carbocycles. The zero-order valence-corrected chi connectivity index (χ0v) is 13.5. The van der Waals surface area contributed by atoms with Crippen LogP contribution in [0.25, 0.3) is 10.9 Å². The Morgan fingerprint density at radius 1 is 1.14 bits per heavy atom. The monoisotopic (exact) mass is 298 g/mol. The zero-order chi connectivity index (χ0) is 14.7. The predicted molar refractivity (Wildman–Crippen MR) is 92.1 cm³/mol. The number of thiophene rings is 1. The predicted octanol–water partition coefficient (Wildman–Crippen LogP) is 4.36. The average Bonchev–Trinajstić information content (AvgIpc) is 3.10. The number of nitrogens with one attached hydrogen (secondary N) is 1. The number of hydrogen-bond acceptors (Lipinski definition) is 2. The lowest BCUT2D eigenvalue weighted by molar-refractivity contribution is 0.612. The summed E-state index contributed by atoms with van der Waals surface area (Å²) in [7, 11) is 0. The minimum absolute atomic E-state index is 0.971. The fraction of sp³-hybridized carbons (Fsp3) is 0.333. The second-order valence-electron chi connectivity index (χ2n) is 5.41. The second kappa shape index (κ2) is 6.46. The van der Waals surface area contributed by atoms with Crippen LogP contribution < -0.4 is 5.32 Å². The van der Waals surface area contributed by atoms with Gasteiger partial charge < -0.3 is 9.88 Å². The minimum Gasteiger partial charge on any atom is -0.346 e. The molecule has 0 unspecified atom stereocenters. The largest absolute Gasteiger partial charge is 0.346 e. The Kier molecular flexibility index (Phi) is 4.42. The highest BCUT2D eigenvalue weighted by Gasteiger charge is 2.05. The Bertz CT molecular complexity index is 724. The van der Waals surface area contributed by atoms with Crippen molar-refractivity contribution in [2.45, 2.75) is 33.4 Å². The molecule has 0 fully saturated rings. The summed E-state index contributed by atoms with van der Waals surface area (Å²) in [4.78, 5) is 2.80. The van der Waals surface area contributed by atoms with E-state index in [-0.39, 0.29) is 0 Å². The summed E-state index contributed by atoms with van der Waals surface area (Å²) in [5.74, 6) is 0. The van der Waals surface area contributed by atoms with E-state index >= 15 is 0 Å². The van der Waals surface area contributed by atoms with E-state index < -0.39 is 0 Å². The molecule has 0 bridgehead atoms. The minimum atomic E-state index is 0.971.